The van der Waals surface area contributed by atoms with Gasteiger partial charge in [-0.3, -0.25) is 37.7 Å². The number of anilines is 5. The van der Waals surface area contributed by atoms with Crippen LogP contribution in [0.3, 0.4) is 0 Å². The van der Waals surface area contributed by atoms with E-state index in [9.17, 15) is 74.3 Å². The van der Waals surface area contributed by atoms with Gasteiger partial charge in [0.1, 0.15) is 79.6 Å². The normalized spacial score (nSPS) is 15.0. The lowest BCUT2D eigenvalue weighted by Crippen LogP contribution is -2.31. The largest absolute Gasteiger partial charge is 0.396 e. The predicted octanol–water partition coefficient (Wildman–Crippen LogP) is 19.5. The molecule has 0 radical (unpaired) electrons. The molecule has 20 rings (SSSR count). The molecule has 5 aliphatic carbocycles. The molecule has 0 saturated heterocycles. The van der Waals surface area contributed by atoms with Crippen LogP contribution in [0.5, 0.6) is 0 Å². The van der Waals surface area contributed by atoms with Gasteiger partial charge in [-0.05, 0) is 325 Å². The summed E-state index contributed by atoms with van der Waals surface area (Å²) in [5.74, 6) is -6.10. The maximum absolute atomic E-state index is 15.5. The number of rotatable bonds is 29. The third-order valence-electron chi connectivity index (χ3n) is 25.6. The monoisotopic (exact) mass is 2650 g/mol. The summed E-state index contributed by atoms with van der Waals surface area (Å²) in [7, 11) is -13.8. The highest BCUT2D eigenvalue weighted by Crippen LogP contribution is 2.50. The zero-order chi connectivity index (χ0) is 104. The van der Waals surface area contributed by atoms with Crippen LogP contribution in [-0.2, 0) is 103 Å². The lowest BCUT2D eigenvalue weighted by molar-refractivity contribution is 0.282. The van der Waals surface area contributed by atoms with Crippen LogP contribution in [-0.4, -0.2) is 145 Å². The first kappa shape index (κ1) is 108. The van der Waals surface area contributed by atoms with Gasteiger partial charge in [0.15, 0.2) is 51.6 Å². The summed E-state index contributed by atoms with van der Waals surface area (Å²) >= 11 is 9.91. The van der Waals surface area contributed by atoms with Crippen molar-refractivity contribution in [2.24, 2.45) is 21.1 Å². The van der Waals surface area contributed by atoms with Crippen LogP contribution in [0.4, 0.5) is 72.7 Å². The molecule has 0 bridgehead atoms. The van der Waals surface area contributed by atoms with E-state index in [1.54, 1.807) is 108 Å². The fourth-order valence-electron chi connectivity index (χ4n) is 16.3. The van der Waals surface area contributed by atoms with E-state index < -0.39 is 134 Å². The number of halogens is 15. The predicted molar refractivity (Wildman–Crippen MR) is 566 cm³/mol. The highest BCUT2D eigenvalue weighted by atomic mass is 127. The minimum Gasteiger partial charge on any atom is -0.396 e. The molecule has 7 N–H and O–H groups in total. The van der Waals surface area contributed by atoms with Gasteiger partial charge < -0.3 is 19.3 Å². The van der Waals surface area contributed by atoms with Crippen molar-refractivity contribution in [3.8, 4) is 0 Å². The third kappa shape index (κ3) is 22.9. The van der Waals surface area contributed by atoms with Gasteiger partial charge in [-0.1, -0.05) is 40.6 Å². The summed E-state index contributed by atoms with van der Waals surface area (Å²) in [5, 5.41) is 38.1. The summed E-state index contributed by atoms with van der Waals surface area (Å²) in [5.41, 5.74) is 3.93. The van der Waals surface area contributed by atoms with Gasteiger partial charge in [0, 0.05) is 129 Å². The molecule has 0 amide bonds. The smallest absolute Gasteiger partial charge is 0.239 e. The molecule has 0 aliphatic heterocycles. The molecule has 5 fully saturated rings. The quantitative estimate of drug-likeness (QED) is 0.0169. The molecule has 15 aromatic rings. The second-order valence-electron chi connectivity index (χ2n) is 35.8. The molecule has 50 heteroatoms. The number of nitrogens with one attached hydrogen (secondary N) is 5. The van der Waals surface area contributed by atoms with Crippen LogP contribution in [0.1, 0.15) is 161 Å². The van der Waals surface area contributed by atoms with Gasteiger partial charge in [0.25, 0.3) is 0 Å². The first-order valence-corrected chi connectivity index (χ1v) is 57.6. The summed E-state index contributed by atoms with van der Waals surface area (Å²) in [6.07, 6.45) is 4.45. The average molecular weight is 2650 g/mol. The van der Waals surface area contributed by atoms with E-state index in [1.165, 1.54) is 64.8 Å². The van der Waals surface area contributed by atoms with Crippen LogP contribution in [0, 0.1) is 111 Å². The number of fused-ring (bicyclic) bond motifs is 5. The second kappa shape index (κ2) is 42.2. The third-order valence-corrected chi connectivity index (χ3v) is 38.9. The summed E-state index contributed by atoms with van der Waals surface area (Å²) < 4.78 is 303. The Hall–Kier alpha value is -9.04. The molecule has 5 saturated carbocycles. The number of aryl methyl sites for hydroxylation is 8. The Morgan fingerprint density at radius 1 is 0.361 bits per heavy atom. The first-order valence-electron chi connectivity index (χ1n) is 44.6. The van der Waals surface area contributed by atoms with Gasteiger partial charge in [0.2, 0.25) is 50.1 Å². The number of sulfonamides is 5. The standard InChI is InChI=1S/C20H21F2IN4O3S.C19H18F2IN3O4S.2C19H18F2IN3O2S.C17H14F2IN3O3S/c1-11-17-18(25-27(11)2)16(22)14(9-12-3-4-13(23)10-15(12)21)19(24-17)26-31(29,30)20(5-6-20)7-8-28;1-10-16-17(24-29-10)15(21)13(8-11-2-3-12(22)9-14(11)20)18(23-16)25-30(27,28)19(4-5-19)6-7-26;1-10-14-9-17(24-28(26,27)13-5-6-13)15(18(21)19(14)23-25(10)2)7-11-3-4-12(22)8-16(11)20;1-10-14-9-17(24-28(26,27)13-5-6-13)15(18(21)19(14)25(2)23-10)7-11-3-4-12(22)8-16(11)20;1-8-15-16(22-26-8)14(19)12(6-9-2-3-10(20)7-13(9)18)17(21-15)23-27(24,25)11-4-5-11/h3-4,10,28H,5-9H2,1-2H3,(H,24,26);2-3,9,26H,4-8H2,1H3,(H,23,25);2*3-4,8-9,13,24H,5-7H2,1-2H3;2-3,7,11H,4-6H2,1H3,(H,21,23). The van der Waals surface area contributed by atoms with E-state index in [4.69, 9.17) is 9.05 Å². The summed E-state index contributed by atoms with van der Waals surface area (Å²) in [6, 6.07) is 26.2. The van der Waals surface area contributed by atoms with Crippen LogP contribution in [0.25, 0.3) is 54.9 Å². The molecule has 8 heterocycles. The second-order valence-corrected chi connectivity index (χ2v) is 52.1. The van der Waals surface area contributed by atoms with E-state index in [0.717, 1.165) is 7.14 Å². The SMILES string of the molecule is Cc1c2cc(NS(=O)(=O)C3CC3)c(Cc3ccc(I)cc3F)c(F)c2nn1C.Cc1c2nc(NS(=O)(=O)C3(CCO)CC3)c(Cc3ccc(I)cc3F)c(F)c2nn1C.Cc1nn(C)c2c(F)c(Cc3ccc(I)cc3F)c(NS(=O)(=O)C3CC3)cc12.Cc1onc2c(F)c(Cc3ccc(I)cc3F)c(NS(=O)(=O)C3(CCO)CC3)nc12.Cc1onc2c(F)c(Cc3ccc(I)cc3F)c(NS(=O)(=O)C3CC3)nc12. The van der Waals surface area contributed by atoms with E-state index in [1.807, 2.05) is 113 Å². The van der Waals surface area contributed by atoms with Crippen molar-refractivity contribution in [2.75, 3.05) is 36.8 Å². The molecule has 0 spiro atoms. The number of aliphatic hydroxyl groups excluding tert-OH is 2. The number of nitrogens with zero attached hydrogens (tertiary/aromatic N) is 11. The molecule has 30 nitrogen and oxygen atoms in total. The number of aromatic nitrogens is 11. The van der Waals surface area contributed by atoms with E-state index in [2.05, 4.69) is 64.2 Å². The average Bonchev–Trinajstić information content (AvgIpc) is 1.58. The van der Waals surface area contributed by atoms with Gasteiger partial charge in [-0.2, -0.15) is 15.3 Å². The van der Waals surface area contributed by atoms with Crippen molar-refractivity contribution < 1.29 is 105 Å². The van der Waals surface area contributed by atoms with Crippen molar-refractivity contribution >= 4 is 247 Å². The highest BCUT2D eigenvalue weighted by molar-refractivity contribution is 14.1. The molecule has 7 aromatic carbocycles. The highest BCUT2D eigenvalue weighted by Gasteiger charge is 2.56. The number of aliphatic hydroxyl groups is 2. The number of benzene rings is 7. The number of pyridine rings is 3. The van der Waals surface area contributed by atoms with Crippen molar-refractivity contribution in [3.05, 3.63) is 263 Å². The molecule has 144 heavy (non-hydrogen) atoms. The number of hydrogen-bond donors (Lipinski definition) is 7. The lowest BCUT2D eigenvalue weighted by Gasteiger charge is -2.19. The van der Waals surface area contributed by atoms with Crippen molar-refractivity contribution in [2.45, 2.75) is 169 Å². The van der Waals surface area contributed by atoms with E-state index in [0.29, 0.717) is 108 Å². The molecule has 5 aliphatic rings. The first-order chi connectivity index (χ1) is 67.9. The lowest BCUT2D eigenvalue weighted by atomic mass is 10.00. The van der Waals surface area contributed by atoms with Crippen molar-refractivity contribution in [1.82, 2.24) is 54.6 Å². The van der Waals surface area contributed by atoms with Crippen LogP contribution < -0.4 is 23.6 Å². The van der Waals surface area contributed by atoms with E-state index in [-0.39, 0.29) is 193 Å². The summed E-state index contributed by atoms with van der Waals surface area (Å²) in [6.45, 7) is 7.75. The van der Waals surface area contributed by atoms with Gasteiger partial charge in [0.05, 0.1) is 48.0 Å². The van der Waals surface area contributed by atoms with E-state index >= 15 is 22.0 Å². The fraction of sp³-hybridized carbons (Fsp3) is 0.340. The Bertz CT molecular complexity index is 8270. The maximum Gasteiger partial charge on any atom is 0.239 e. The Morgan fingerprint density at radius 3 is 1.01 bits per heavy atom. The number of hydrogen-bond acceptors (Lipinski definition) is 22. The van der Waals surface area contributed by atoms with Crippen molar-refractivity contribution in [3.63, 3.8) is 0 Å². The zero-order valence-electron chi connectivity index (χ0n) is 77.4. The molecule has 8 aromatic heterocycles. The summed E-state index contributed by atoms with van der Waals surface area (Å²) in [4.78, 5) is 12.9. The van der Waals surface area contributed by atoms with Crippen LogP contribution in [0.15, 0.2) is 112 Å². The fourth-order valence-corrected chi connectivity index (χ4v) is 26.1. The Morgan fingerprint density at radius 2 is 0.667 bits per heavy atom. The topological polar surface area (TPSA) is 415 Å². The Kier molecular flexibility index (Phi) is 31.5. The van der Waals surface area contributed by atoms with Crippen LogP contribution >= 0.6 is 113 Å². The minimum atomic E-state index is -3.96. The van der Waals surface area contributed by atoms with Crippen molar-refractivity contribution in [1.29, 1.82) is 0 Å². The van der Waals surface area contributed by atoms with Gasteiger partial charge in [-0.25, -0.2) is 101 Å². The molecular weight excluding hydrogens is 2560 g/mol. The maximum atomic E-state index is 15.5. The minimum absolute atomic E-state index is 0.000334. The Labute approximate surface area is 888 Å². The van der Waals surface area contributed by atoms with Crippen LogP contribution in [0.2, 0.25) is 0 Å². The molecule has 0 atom stereocenters. The Balaban J connectivity index is 0.000000129. The molecule has 0 unspecified atom stereocenters. The molecular formula is C94H89F10I5N16O14S5. The van der Waals surface area contributed by atoms with Gasteiger partial charge in [-0.15, -0.1) is 0 Å². The molecule has 764 valence electrons. The zero-order valence-corrected chi connectivity index (χ0v) is 92.3. The van der Waals surface area contributed by atoms with Gasteiger partial charge >= 0.3 is 0 Å².